The van der Waals surface area contributed by atoms with Crippen LogP contribution in [-0.4, -0.2) is 50.9 Å². The summed E-state index contributed by atoms with van der Waals surface area (Å²) in [7, 11) is 2.90. The number of carbonyl (C=O) groups is 1. The molecule has 0 aliphatic heterocycles. The van der Waals surface area contributed by atoms with E-state index in [0.29, 0.717) is 28.2 Å². The Balaban J connectivity index is 2.11. The summed E-state index contributed by atoms with van der Waals surface area (Å²) >= 11 is 0. The molecule has 1 amide bonds. The Morgan fingerprint density at radius 2 is 2.03 bits per heavy atom. The lowest BCUT2D eigenvalue weighted by Crippen LogP contribution is -2.28. The van der Waals surface area contributed by atoms with E-state index in [1.165, 1.54) is 18.7 Å². The van der Waals surface area contributed by atoms with Crippen molar-refractivity contribution in [3.63, 3.8) is 0 Å². The second-order valence-electron chi connectivity index (χ2n) is 6.59. The molecule has 2 heterocycles. The number of rotatable bonds is 5. The summed E-state index contributed by atoms with van der Waals surface area (Å²) in [6.45, 7) is 3.75. The monoisotopic (exact) mass is 426 g/mol. The highest BCUT2D eigenvalue weighted by molar-refractivity contribution is 7.84. The highest BCUT2D eigenvalue weighted by Gasteiger charge is 2.25. The number of pyridine rings is 1. The average Bonchev–Trinajstić information content (AvgIpc) is 3.13. The molecule has 0 spiro atoms. The predicted molar refractivity (Wildman–Crippen MR) is 114 cm³/mol. The molecule has 0 saturated carbocycles. The summed E-state index contributed by atoms with van der Waals surface area (Å²) in [6.07, 6.45) is 7.06. The zero-order valence-corrected chi connectivity index (χ0v) is 18.2. The molecule has 1 atom stereocenters. The van der Waals surface area contributed by atoms with Gasteiger partial charge in [-0.15, -0.1) is 0 Å². The average molecular weight is 426 g/mol. The molecule has 156 valence electrons. The van der Waals surface area contributed by atoms with Gasteiger partial charge in [-0.1, -0.05) is 6.42 Å². The molecule has 0 fully saturated rings. The summed E-state index contributed by atoms with van der Waals surface area (Å²) in [5, 5.41) is 0.0890. The lowest BCUT2D eigenvalue weighted by molar-refractivity contribution is 0.225. The maximum Gasteiger partial charge on any atom is 0.342 e. The normalized spacial score (nSPS) is 11.7. The first-order valence-corrected chi connectivity index (χ1v) is 10.3. The van der Waals surface area contributed by atoms with Crippen molar-refractivity contribution in [3.8, 4) is 24.0 Å². The minimum atomic E-state index is -1.68. The third-order valence-corrected chi connectivity index (χ3v) is 5.94. The molecular weight excluding hydrogens is 404 g/mol. The number of ether oxygens (including phenoxy) is 2. The van der Waals surface area contributed by atoms with Crippen LogP contribution in [0.1, 0.15) is 16.8 Å². The van der Waals surface area contributed by atoms with E-state index in [1.807, 2.05) is 13.8 Å². The van der Waals surface area contributed by atoms with Crippen LogP contribution in [0.25, 0.3) is 11.0 Å². The Morgan fingerprint density at radius 3 is 2.67 bits per heavy atom. The zero-order valence-electron chi connectivity index (χ0n) is 17.4. The number of hydrogen-bond donors (Lipinski definition) is 0. The Hall–Kier alpha value is -3.38. The quantitative estimate of drug-likeness (QED) is 0.461. The number of benzene rings is 1. The summed E-state index contributed by atoms with van der Waals surface area (Å²) in [5.41, 5.74) is 3.24. The van der Waals surface area contributed by atoms with Gasteiger partial charge in [0, 0.05) is 36.5 Å². The van der Waals surface area contributed by atoms with Gasteiger partial charge >= 0.3 is 6.03 Å². The van der Waals surface area contributed by atoms with Crippen molar-refractivity contribution in [1.29, 1.82) is 0 Å². The van der Waals surface area contributed by atoms with Crippen LogP contribution >= 0.6 is 0 Å². The second-order valence-corrected chi connectivity index (χ2v) is 7.94. The van der Waals surface area contributed by atoms with Gasteiger partial charge in [-0.3, -0.25) is 14.1 Å². The van der Waals surface area contributed by atoms with Crippen LogP contribution in [0.15, 0.2) is 29.6 Å². The van der Waals surface area contributed by atoms with Gasteiger partial charge < -0.3 is 9.47 Å². The summed E-state index contributed by atoms with van der Waals surface area (Å²) in [5.74, 6) is 1.33. The molecule has 1 aromatic carbocycles. The number of aromatic nitrogens is 3. The largest absolute Gasteiger partial charge is 0.497 e. The van der Waals surface area contributed by atoms with Crippen LogP contribution in [0.2, 0.25) is 0 Å². The number of carbonyl (C=O) groups excluding carboxylic acids is 1. The van der Waals surface area contributed by atoms with E-state index >= 15 is 0 Å². The van der Waals surface area contributed by atoms with E-state index in [9.17, 15) is 9.00 Å². The van der Waals surface area contributed by atoms with Crippen LogP contribution in [0, 0.1) is 26.3 Å². The maximum absolute atomic E-state index is 13.3. The SMILES string of the molecule is C#CN(C)C(=O)n1c(S(=O)Cc2ncc(C)c(OC)c2C)nc2cc(OC)ccc21. The number of terminal acetylenes is 1. The molecule has 8 nitrogen and oxygen atoms in total. The van der Waals surface area contributed by atoms with Gasteiger partial charge in [-0.25, -0.2) is 14.3 Å². The Labute approximate surface area is 177 Å². The number of imidazole rings is 1. The van der Waals surface area contributed by atoms with E-state index in [4.69, 9.17) is 15.9 Å². The standard InChI is InChI=1S/C21H22N4O4S/c1-7-24(4)21(26)25-18-9-8-15(28-5)10-16(18)23-20(25)30(27)12-17-14(3)19(29-6)13(2)11-22-17/h1,8-11H,12H2,2-6H3. The minimum Gasteiger partial charge on any atom is -0.497 e. The first-order chi connectivity index (χ1) is 14.3. The van der Waals surface area contributed by atoms with Crippen molar-refractivity contribution in [2.24, 2.45) is 0 Å². The van der Waals surface area contributed by atoms with Gasteiger partial charge in [0.15, 0.2) is 0 Å². The van der Waals surface area contributed by atoms with Crippen molar-refractivity contribution in [3.05, 3.63) is 41.2 Å². The van der Waals surface area contributed by atoms with Gasteiger partial charge in [0.2, 0.25) is 5.16 Å². The van der Waals surface area contributed by atoms with E-state index in [2.05, 4.69) is 16.0 Å². The molecule has 0 saturated heterocycles. The molecule has 30 heavy (non-hydrogen) atoms. The lowest BCUT2D eigenvalue weighted by atomic mass is 10.1. The van der Waals surface area contributed by atoms with E-state index in [1.54, 1.807) is 31.5 Å². The number of hydrogen-bond acceptors (Lipinski definition) is 6. The summed E-state index contributed by atoms with van der Waals surface area (Å²) in [4.78, 5) is 22.8. The molecule has 2 aromatic heterocycles. The van der Waals surface area contributed by atoms with Crippen molar-refractivity contribution < 1.29 is 18.5 Å². The smallest absolute Gasteiger partial charge is 0.342 e. The highest BCUT2D eigenvalue weighted by Crippen LogP contribution is 2.28. The highest BCUT2D eigenvalue weighted by atomic mass is 32.2. The Morgan fingerprint density at radius 1 is 1.30 bits per heavy atom. The van der Waals surface area contributed by atoms with Crippen LogP contribution in [0.3, 0.4) is 0 Å². The molecular formula is C21H22N4O4S. The topological polar surface area (TPSA) is 86.6 Å². The van der Waals surface area contributed by atoms with Crippen molar-refractivity contribution >= 4 is 27.9 Å². The predicted octanol–water partition coefficient (Wildman–Crippen LogP) is 2.86. The Bertz CT molecular complexity index is 1200. The lowest BCUT2D eigenvalue weighted by Gasteiger charge is -2.14. The molecule has 0 aliphatic rings. The number of aryl methyl sites for hydroxylation is 1. The first-order valence-electron chi connectivity index (χ1n) is 9.00. The van der Waals surface area contributed by atoms with E-state index in [-0.39, 0.29) is 10.9 Å². The molecule has 0 N–H and O–H groups in total. The molecule has 1 unspecified atom stereocenters. The van der Waals surface area contributed by atoms with E-state index in [0.717, 1.165) is 16.0 Å². The number of amides is 1. The van der Waals surface area contributed by atoms with Crippen LogP contribution < -0.4 is 9.47 Å². The van der Waals surface area contributed by atoms with Crippen molar-refractivity contribution in [1.82, 2.24) is 19.4 Å². The van der Waals surface area contributed by atoms with Gasteiger partial charge in [0.1, 0.15) is 11.5 Å². The molecule has 9 heteroatoms. The molecule has 3 rings (SSSR count). The minimum absolute atomic E-state index is 0.0655. The second kappa shape index (κ2) is 8.55. The number of methoxy groups -OCH3 is 2. The number of nitrogens with zero attached hydrogens (tertiary/aromatic N) is 4. The van der Waals surface area contributed by atoms with Crippen LogP contribution in [0.5, 0.6) is 11.5 Å². The molecule has 0 aliphatic carbocycles. The van der Waals surface area contributed by atoms with Crippen LogP contribution in [0.4, 0.5) is 4.79 Å². The van der Waals surface area contributed by atoms with Gasteiger partial charge in [-0.05, 0) is 26.0 Å². The first kappa shape index (κ1) is 21.3. The summed E-state index contributed by atoms with van der Waals surface area (Å²) in [6, 6.07) is 6.80. The fourth-order valence-corrected chi connectivity index (χ4v) is 4.36. The van der Waals surface area contributed by atoms with Gasteiger partial charge in [0.05, 0.1) is 47.5 Å². The van der Waals surface area contributed by atoms with Crippen LogP contribution in [-0.2, 0) is 16.6 Å². The Kier molecular flexibility index (Phi) is 6.08. The fourth-order valence-electron chi connectivity index (χ4n) is 3.11. The number of fused-ring (bicyclic) bond motifs is 1. The van der Waals surface area contributed by atoms with Gasteiger partial charge in [-0.2, -0.15) is 0 Å². The van der Waals surface area contributed by atoms with Crippen molar-refractivity contribution in [2.75, 3.05) is 21.3 Å². The third kappa shape index (κ3) is 3.74. The van der Waals surface area contributed by atoms with Gasteiger partial charge in [0.25, 0.3) is 0 Å². The van der Waals surface area contributed by atoms with E-state index < -0.39 is 16.8 Å². The third-order valence-electron chi connectivity index (χ3n) is 4.72. The molecule has 3 aromatic rings. The van der Waals surface area contributed by atoms with Crippen molar-refractivity contribution in [2.45, 2.75) is 24.8 Å². The molecule has 0 radical (unpaired) electrons. The maximum atomic E-state index is 13.3. The fraction of sp³-hybridized carbons (Fsp3) is 0.286. The summed E-state index contributed by atoms with van der Waals surface area (Å²) < 4.78 is 25.2. The zero-order chi connectivity index (χ0) is 22.0. The molecule has 0 bridgehead atoms.